The minimum absolute atomic E-state index is 0.0251. The molecule has 2 N–H and O–H groups in total. The van der Waals surface area contributed by atoms with E-state index in [-0.39, 0.29) is 18.0 Å². The fourth-order valence-electron chi connectivity index (χ4n) is 1.53. The van der Waals surface area contributed by atoms with Crippen LogP contribution >= 0.6 is 0 Å². The number of hydrogen-bond donors (Lipinski definition) is 2. The summed E-state index contributed by atoms with van der Waals surface area (Å²) in [5.74, 6) is 1.33. The highest BCUT2D eigenvalue weighted by atomic mass is 16.3. The monoisotopic (exact) mass is 238 g/mol. The molecule has 4 nitrogen and oxygen atoms in total. The number of rotatable bonds is 6. The first-order valence-electron chi connectivity index (χ1n) is 6.08. The van der Waals surface area contributed by atoms with E-state index in [2.05, 4.69) is 24.5 Å². The molecule has 0 aliphatic carbocycles. The molecule has 0 aliphatic rings. The molecular weight excluding hydrogens is 216 g/mol. The van der Waals surface area contributed by atoms with Gasteiger partial charge in [-0.25, -0.2) is 0 Å². The van der Waals surface area contributed by atoms with Gasteiger partial charge in [0.15, 0.2) is 0 Å². The molecule has 4 heteroatoms. The van der Waals surface area contributed by atoms with Crippen molar-refractivity contribution in [2.75, 3.05) is 6.54 Å². The molecule has 0 aromatic carbocycles. The van der Waals surface area contributed by atoms with Gasteiger partial charge in [-0.05, 0) is 31.9 Å². The molecular formula is C13H22N2O2. The first-order chi connectivity index (χ1) is 8.00. The Morgan fingerprint density at radius 3 is 2.59 bits per heavy atom. The highest BCUT2D eigenvalue weighted by Gasteiger charge is 2.17. The van der Waals surface area contributed by atoms with E-state index in [4.69, 9.17) is 4.42 Å². The third-order valence-electron chi connectivity index (χ3n) is 2.55. The zero-order valence-corrected chi connectivity index (χ0v) is 11.0. The third kappa shape index (κ3) is 4.61. The van der Waals surface area contributed by atoms with E-state index in [1.54, 1.807) is 6.26 Å². The van der Waals surface area contributed by atoms with Gasteiger partial charge in [-0.15, -0.1) is 0 Å². The summed E-state index contributed by atoms with van der Waals surface area (Å²) in [6.45, 7) is 8.69. The van der Waals surface area contributed by atoms with Crippen molar-refractivity contribution in [3.05, 3.63) is 24.2 Å². The van der Waals surface area contributed by atoms with Gasteiger partial charge in [-0.2, -0.15) is 0 Å². The predicted molar refractivity (Wildman–Crippen MR) is 67.6 cm³/mol. The van der Waals surface area contributed by atoms with Gasteiger partial charge in [0.05, 0.1) is 18.3 Å². The van der Waals surface area contributed by atoms with Gasteiger partial charge in [0.25, 0.3) is 0 Å². The highest BCUT2D eigenvalue weighted by molar-refractivity contribution is 5.81. The molecule has 0 spiro atoms. The van der Waals surface area contributed by atoms with Crippen LogP contribution in [-0.2, 0) is 4.79 Å². The zero-order valence-electron chi connectivity index (χ0n) is 11.0. The van der Waals surface area contributed by atoms with E-state index in [0.29, 0.717) is 12.5 Å². The fourth-order valence-corrected chi connectivity index (χ4v) is 1.53. The van der Waals surface area contributed by atoms with Crippen molar-refractivity contribution in [2.24, 2.45) is 5.92 Å². The number of carbonyl (C=O) groups is 1. The molecule has 1 aromatic rings. The minimum Gasteiger partial charge on any atom is -0.468 e. The van der Waals surface area contributed by atoms with Gasteiger partial charge in [-0.3, -0.25) is 10.1 Å². The Balaban J connectivity index is 2.38. The topological polar surface area (TPSA) is 54.3 Å². The van der Waals surface area contributed by atoms with E-state index in [1.807, 2.05) is 26.0 Å². The van der Waals surface area contributed by atoms with Crippen LogP contribution in [0.1, 0.15) is 39.5 Å². The molecule has 0 saturated heterocycles. The Morgan fingerprint density at radius 1 is 1.35 bits per heavy atom. The van der Waals surface area contributed by atoms with Crippen molar-refractivity contribution in [1.29, 1.82) is 0 Å². The quantitative estimate of drug-likeness (QED) is 0.798. The molecule has 0 saturated carbocycles. The molecule has 1 heterocycles. The smallest absolute Gasteiger partial charge is 0.236 e. The lowest BCUT2D eigenvalue weighted by atomic mass is 10.2. The summed E-state index contributed by atoms with van der Waals surface area (Å²) in [6.07, 6.45) is 1.64. The van der Waals surface area contributed by atoms with Crippen molar-refractivity contribution in [2.45, 2.75) is 39.8 Å². The van der Waals surface area contributed by atoms with Crippen LogP contribution < -0.4 is 10.6 Å². The summed E-state index contributed by atoms with van der Waals surface area (Å²) in [5, 5.41) is 6.10. The second-order valence-electron chi connectivity index (χ2n) is 4.76. The van der Waals surface area contributed by atoms with Gasteiger partial charge >= 0.3 is 0 Å². The van der Waals surface area contributed by atoms with Gasteiger partial charge in [0.2, 0.25) is 5.91 Å². The van der Waals surface area contributed by atoms with Crippen molar-refractivity contribution >= 4 is 5.91 Å². The first-order valence-corrected chi connectivity index (χ1v) is 6.08. The molecule has 1 rings (SSSR count). The molecule has 0 fully saturated rings. The second-order valence-corrected chi connectivity index (χ2v) is 4.76. The molecule has 1 aromatic heterocycles. The Kier molecular flexibility index (Phi) is 5.22. The van der Waals surface area contributed by atoms with Crippen LogP contribution in [0.15, 0.2) is 22.8 Å². The number of carbonyl (C=O) groups excluding carboxylic acids is 1. The Bertz CT molecular complexity index is 333. The number of furan rings is 1. The maximum absolute atomic E-state index is 11.7. The number of amides is 1. The van der Waals surface area contributed by atoms with Crippen LogP contribution in [-0.4, -0.2) is 18.5 Å². The molecule has 0 bridgehead atoms. The second kappa shape index (κ2) is 6.45. The minimum atomic E-state index is -0.228. The molecule has 17 heavy (non-hydrogen) atoms. The summed E-state index contributed by atoms with van der Waals surface area (Å²) in [6, 6.07) is 3.55. The van der Waals surface area contributed by atoms with E-state index in [1.165, 1.54) is 0 Å². The lowest BCUT2D eigenvalue weighted by Gasteiger charge is -2.18. The predicted octanol–water partition coefficient (Wildman–Crippen LogP) is 2.09. The normalized spacial score (nSPS) is 14.6. The first kappa shape index (κ1) is 13.8. The van der Waals surface area contributed by atoms with Crippen LogP contribution in [0.3, 0.4) is 0 Å². The largest absolute Gasteiger partial charge is 0.468 e. The van der Waals surface area contributed by atoms with Crippen molar-refractivity contribution in [3.8, 4) is 0 Å². The summed E-state index contributed by atoms with van der Waals surface area (Å²) in [4.78, 5) is 11.7. The lowest BCUT2D eigenvalue weighted by molar-refractivity contribution is -0.123. The molecule has 1 amide bonds. The van der Waals surface area contributed by atoms with Gasteiger partial charge < -0.3 is 9.73 Å². The highest BCUT2D eigenvalue weighted by Crippen LogP contribution is 2.12. The SMILES string of the molecule is CC(C)CNC(=O)C(C)NC(C)c1ccco1. The van der Waals surface area contributed by atoms with Crippen molar-refractivity contribution in [1.82, 2.24) is 10.6 Å². The van der Waals surface area contributed by atoms with Gasteiger partial charge in [0, 0.05) is 6.54 Å². The number of nitrogens with one attached hydrogen (secondary N) is 2. The van der Waals surface area contributed by atoms with Crippen LogP contribution in [0.4, 0.5) is 0 Å². The van der Waals surface area contributed by atoms with Crippen LogP contribution in [0.2, 0.25) is 0 Å². The molecule has 0 aliphatic heterocycles. The maximum Gasteiger partial charge on any atom is 0.236 e. The standard InChI is InChI=1S/C13H22N2O2/c1-9(2)8-14-13(16)11(4)15-10(3)12-6-5-7-17-12/h5-7,9-11,15H,8H2,1-4H3,(H,14,16). The average Bonchev–Trinajstić information content (AvgIpc) is 2.78. The van der Waals surface area contributed by atoms with Crippen molar-refractivity contribution in [3.63, 3.8) is 0 Å². The lowest BCUT2D eigenvalue weighted by Crippen LogP contribution is -2.44. The Hall–Kier alpha value is -1.29. The van der Waals surface area contributed by atoms with Gasteiger partial charge in [0.1, 0.15) is 5.76 Å². The molecule has 2 unspecified atom stereocenters. The third-order valence-corrected chi connectivity index (χ3v) is 2.55. The summed E-state index contributed by atoms with van der Waals surface area (Å²) in [5.41, 5.74) is 0. The van der Waals surface area contributed by atoms with E-state index < -0.39 is 0 Å². The number of hydrogen-bond acceptors (Lipinski definition) is 3. The maximum atomic E-state index is 11.7. The fraction of sp³-hybridized carbons (Fsp3) is 0.615. The molecule has 96 valence electrons. The van der Waals surface area contributed by atoms with E-state index in [9.17, 15) is 4.79 Å². The summed E-state index contributed by atoms with van der Waals surface area (Å²) >= 11 is 0. The van der Waals surface area contributed by atoms with Crippen LogP contribution in [0.5, 0.6) is 0 Å². The average molecular weight is 238 g/mol. The Labute approximate surface area is 103 Å². The molecule has 2 atom stereocenters. The molecule has 0 radical (unpaired) electrons. The van der Waals surface area contributed by atoms with E-state index >= 15 is 0 Å². The summed E-state index contributed by atoms with van der Waals surface area (Å²) in [7, 11) is 0. The summed E-state index contributed by atoms with van der Waals surface area (Å²) < 4.78 is 5.28. The zero-order chi connectivity index (χ0) is 12.8. The Morgan fingerprint density at radius 2 is 2.06 bits per heavy atom. The van der Waals surface area contributed by atoms with Gasteiger partial charge in [-0.1, -0.05) is 13.8 Å². The van der Waals surface area contributed by atoms with Crippen molar-refractivity contribution < 1.29 is 9.21 Å². The van der Waals surface area contributed by atoms with Crippen LogP contribution in [0, 0.1) is 5.92 Å². The van der Waals surface area contributed by atoms with Crippen LogP contribution in [0.25, 0.3) is 0 Å². The van der Waals surface area contributed by atoms with E-state index in [0.717, 1.165) is 5.76 Å².